The molecule has 132 valence electrons. The SMILES string of the molecule is O=C(OCc1ccccc1)N1CCC(COC(=O)n2ccnc2)CC1. The van der Waals surface area contributed by atoms with Gasteiger partial charge in [0, 0.05) is 25.5 Å². The van der Waals surface area contributed by atoms with Crippen LogP contribution in [0.2, 0.25) is 0 Å². The molecule has 1 aliphatic rings. The Morgan fingerprint density at radius 1 is 1.08 bits per heavy atom. The standard InChI is InChI=1S/C18H21N3O4/c22-17(24-12-15-4-2-1-3-5-15)20-9-6-16(7-10-20)13-25-18(23)21-11-8-19-14-21/h1-5,8,11,14,16H,6-7,9-10,12-13H2. The molecule has 0 spiro atoms. The monoisotopic (exact) mass is 343 g/mol. The van der Waals surface area contributed by atoms with Crippen molar-refractivity contribution in [3.8, 4) is 0 Å². The van der Waals surface area contributed by atoms with Gasteiger partial charge in [0.05, 0.1) is 6.61 Å². The van der Waals surface area contributed by atoms with E-state index < -0.39 is 6.09 Å². The van der Waals surface area contributed by atoms with E-state index in [1.807, 2.05) is 30.3 Å². The van der Waals surface area contributed by atoms with Crippen molar-refractivity contribution >= 4 is 12.2 Å². The lowest BCUT2D eigenvalue weighted by atomic mass is 9.98. The van der Waals surface area contributed by atoms with Gasteiger partial charge in [-0.05, 0) is 24.3 Å². The average molecular weight is 343 g/mol. The molecule has 7 heteroatoms. The minimum absolute atomic E-state index is 0.255. The molecule has 25 heavy (non-hydrogen) atoms. The van der Waals surface area contributed by atoms with Crippen molar-refractivity contribution in [1.29, 1.82) is 0 Å². The van der Waals surface area contributed by atoms with Crippen LogP contribution in [-0.4, -0.2) is 46.3 Å². The highest BCUT2D eigenvalue weighted by molar-refractivity contribution is 5.70. The zero-order chi connectivity index (χ0) is 17.5. The lowest BCUT2D eigenvalue weighted by molar-refractivity contribution is 0.0679. The molecule has 1 aromatic carbocycles. The Balaban J connectivity index is 1.36. The quantitative estimate of drug-likeness (QED) is 0.853. The molecule has 0 N–H and O–H groups in total. The van der Waals surface area contributed by atoms with Gasteiger partial charge in [-0.2, -0.15) is 0 Å². The normalized spacial score (nSPS) is 15.0. The highest BCUT2D eigenvalue weighted by Gasteiger charge is 2.24. The number of piperidine rings is 1. The number of rotatable bonds is 4. The summed E-state index contributed by atoms with van der Waals surface area (Å²) < 4.78 is 11.9. The molecular formula is C18H21N3O4. The van der Waals surface area contributed by atoms with Crippen LogP contribution < -0.4 is 0 Å². The Morgan fingerprint density at radius 2 is 1.84 bits per heavy atom. The summed E-state index contributed by atoms with van der Waals surface area (Å²) in [6.45, 7) is 1.86. The number of hydrogen-bond acceptors (Lipinski definition) is 5. The van der Waals surface area contributed by atoms with Gasteiger partial charge < -0.3 is 14.4 Å². The molecule has 2 aromatic rings. The van der Waals surface area contributed by atoms with Gasteiger partial charge in [-0.25, -0.2) is 19.1 Å². The summed E-state index contributed by atoms with van der Waals surface area (Å²) in [6.07, 6.45) is 5.34. The number of carbonyl (C=O) groups is 2. The molecule has 1 fully saturated rings. The molecule has 1 saturated heterocycles. The van der Waals surface area contributed by atoms with Gasteiger partial charge >= 0.3 is 12.2 Å². The molecule has 1 aliphatic heterocycles. The van der Waals surface area contributed by atoms with Crippen LogP contribution in [-0.2, 0) is 16.1 Å². The van der Waals surface area contributed by atoms with Crippen LogP contribution in [0, 0.1) is 5.92 Å². The summed E-state index contributed by atoms with van der Waals surface area (Å²) in [5, 5.41) is 0. The predicted molar refractivity (Wildman–Crippen MR) is 89.9 cm³/mol. The van der Waals surface area contributed by atoms with Crippen LogP contribution in [0.1, 0.15) is 18.4 Å². The van der Waals surface area contributed by atoms with E-state index in [4.69, 9.17) is 9.47 Å². The van der Waals surface area contributed by atoms with Crippen LogP contribution in [0.25, 0.3) is 0 Å². The molecule has 7 nitrogen and oxygen atoms in total. The minimum atomic E-state index is -0.429. The molecule has 0 aliphatic carbocycles. The fourth-order valence-corrected chi connectivity index (χ4v) is 2.72. The largest absolute Gasteiger partial charge is 0.449 e. The lowest BCUT2D eigenvalue weighted by Gasteiger charge is -2.30. The van der Waals surface area contributed by atoms with Gasteiger partial charge in [0.1, 0.15) is 12.9 Å². The van der Waals surface area contributed by atoms with Crippen molar-refractivity contribution in [3.63, 3.8) is 0 Å². The molecular weight excluding hydrogens is 322 g/mol. The van der Waals surface area contributed by atoms with E-state index in [-0.39, 0.29) is 18.6 Å². The summed E-state index contributed by atoms with van der Waals surface area (Å²) in [7, 11) is 0. The second kappa shape index (κ2) is 8.32. The first kappa shape index (κ1) is 17.0. The summed E-state index contributed by atoms with van der Waals surface area (Å²) in [5.74, 6) is 0.255. The number of imidazole rings is 1. The van der Waals surface area contributed by atoms with Crippen LogP contribution >= 0.6 is 0 Å². The average Bonchev–Trinajstić information content (AvgIpc) is 3.20. The predicted octanol–water partition coefficient (Wildman–Crippen LogP) is 2.92. The first-order valence-corrected chi connectivity index (χ1v) is 8.33. The van der Waals surface area contributed by atoms with Crippen molar-refractivity contribution in [1.82, 2.24) is 14.5 Å². The summed E-state index contributed by atoms with van der Waals surface area (Å²) >= 11 is 0. The lowest BCUT2D eigenvalue weighted by Crippen LogP contribution is -2.39. The van der Waals surface area contributed by atoms with E-state index in [0.29, 0.717) is 19.7 Å². The smallest absolute Gasteiger partial charge is 0.419 e. The van der Waals surface area contributed by atoms with Crippen molar-refractivity contribution < 1.29 is 19.1 Å². The first-order valence-electron chi connectivity index (χ1n) is 8.33. The number of hydrogen-bond donors (Lipinski definition) is 0. The topological polar surface area (TPSA) is 73.7 Å². The maximum Gasteiger partial charge on any atom is 0.419 e. The van der Waals surface area contributed by atoms with Crippen molar-refractivity contribution in [2.45, 2.75) is 19.4 Å². The Bertz CT molecular complexity index is 680. The molecule has 3 rings (SSSR count). The van der Waals surface area contributed by atoms with Gasteiger partial charge in [-0.1, -0.05) is 30.3 Å². The third-order valence-corrected chi connectivity index (χ3v) is 4.24. The molecule has 0 saturated carbocycles. The number of likely N-dealkylation sites (tertiary alicyclic amines) is 1. The van der Waals surface area contributed by atoms with Crippen LogP contribution in [0.5, 0.6) is 0 Å². The Labute approximate surface area is 146 Å². The van der Waals surface area contributed by atoms with Crippen LogP contribution in [0.4, 0.5) is 9.59 Å². The number of aromatic nitrogens is 2. The maximum absolute atomic E-state index is 12.1. The van der Waals surface area contributed by atoms with E-state index in [9.17, 15) is 9.59 Å². The number of amides is 1. The van der Waals surface area contributed by atoms with E-state index in [0.717, 1.165) is 18.4 Å². The third kappa shape index (κ3) is 4.82. The first-order chi connectivity index (χ1) is 12.2. The zero-order valence-corrected chi connectivity index (χ0v) is 13.9. The molecule has 1 aromatic heterocycles. The summed E-state index contributed by atoms with van der Waals surface area (Å²) in [4.78, 5) is 29.4. The molecule has 0 bridgehead atoms. The van der Waals surface area contributed by atoms with Crippen molar-refractivity contribution in [2.24, 2.45) is 5.92 Å². The second-order valence-electron chi connectivity index (χ2n) is 6.02. The Kier molecular flexibility index (Phi) is 5.66. The molecule has 0 unspecified atom stereocenters. The van der Waals surface area contributed by atoms with Gasteiger partial charge in [0.2, 0.25) is 0 Å². The maximum atomic E-state index is 12.1. The van der Waals surface area contributed by atoms with Crippen LogP contribution in [0.15, 0.2) is 49.1 Å². The zero-order valence-electron chi connectivity index (χ0n) is 13.9. The molecule has 1 amide bonds. The van der Waals surface area contributed by atoms with E-state index >= 15 is 0 Å². The van der Waals surface area contributed by atoms with E-state index in [2.05, 4.69) is 4.98 Å². The number of ether oxygens (including phenoxy) is 2. The van der Waals surface area contributed by atoms with Crippen LogP contribution in [0.3, 0.4) is 0 Å². The third-order valence-electron chi connectivity index (χ3n) is 4.24. The number of benzene rings is 1. The van der Waals surface area contributed by atoms with E-state index in [1.54, 1.807) is 11.1 Å². The van der Waals surface area contributed by atoms with Gasteiger partial charge in [-0.3, -0.25) is 0 Å². The van der Waals surface area contributed by atoms with Crippen molar-refractivity contribution in [2.75, 3.05) is 19.7 Å². The highest BCUT2D eigenvalue weighted by atomic mass is 16.6. The fourth-order valence-electron chi connectivity index (χ4n) is 2.72. The molecule has 0 atom stereocenters. The van der Waals surface area contributed by atoms with Gasteiger partial charge in [0.15, 0.2) is 0 Å². The summed E-state index contributed by atoms with van der Waals surface area (Å²) in [5.41, 5.74) is 0.970. The molecule has 2 heterocycles. The number of nitrogens with zero attached hydrogens (tertiary/aromatic N) is 3. The fraction of sp³-hybridized carbons (Fsp3) is 0.389. The van der Waals surface area contributed by atoms with Gasteiger partial charge in [0.25, 0.3) is 0 Å². The minimum Gasteiger partial charge on any atom is -0.449 e. The number of carbonyl (C=O) groups excluding carboxylic acids is 2. The highest BCUT2D eigenvalue weighted by Crippen LogP contribution is 2.18. The van der Waals surface area contributed by atoms with E-state index in [1.165, 1.54) is 17.1 Å². The second-order valence-corrected chi connectivity index (χ2v) is 6.02. The molecule has 0 radical (unpaired) electrons. The Morgan fingerprint density at radius 3 is 2.52 bits per heavy atom. The summed E-state index contributed by atoms with van der Waals surface area (Å²) in [6, 6.07) is 9.61. The Hall–Kier alpha value is -2.83. The van der Waals surface area contributed by atoms with Crippen molar-refractivity contribution in [3.05, 3.63) is 54.6 Å². The van der Waals surface area contributed by atoms with Gasteiger partial charge in [-0.15, -0.1) is 0 Å².